The molecule has 0 aromatic carbocycles. The monoisotopic (exact) mass is 1310 g/mol. The van der Waals surface area contributed by atoms with Crippen LogP contribution in [0.3, 0.4) is 0 Å². The molecule has 21 aliphatic heterocycles. The molecule has 21 heterocycles. The average molecular weight is 1310 g/mol. The lowest BCUT2D eigenvalue weighted by molar-refractivity contribution is -0.391. The highest BCUT2D eigenvalue weighted by Gasteiger charge is 2.59. The smallest absolute Gasteiger partial charge is 0.187 e. The minimum Gasteiger partial charge on any atom is -0.387 e. The molecule has 91 heavy (non-hydrogen) atoms. The largest absolute Gasteiger partial charge is 0.387 e. The van der Waals surface area contributed by atoms with E-state index in [9.17, 15) is 110 Å². The van der Waals surface area contributed by atoms with Gasteiger partial charge in [-0.1, -0.05) is 35.8 Å². The number of aliphatic hydroxyl groups is 14. The third-order valence-corrected chi connectivity index (χ3v) is 15.8. The van der Waals surface area contributed by atoms with E-state index in [1.807, 2.05) is 0 Å². The minimum atomic E-state index is -2.31. The van der Waals surface area contributed by atoms with Crippen LogP contribution in [0.15, 0.2) is 35.8 Å². The van der Waals surface area contributed by atoms with Crippen molar-refractivity contribution >= 4 is 0 Å². The van der Waals surface area contributed by atoms with Crippen molar-refractivity contribution in [2.45, 2.75) is 215 Å². The number of rotatable bonds is 14. The first-order valence-electron chi connectivity index (χ1n) is 27.4. The second-order valence-corrected chi connectivity index (χ2v) is 21.3. The van der Waals surface area contributed by atoms with E-state index in [1.165, 1.54) is 0 Å². The molecule has 0 aromatic rings. The van der Waals surface area contributed by atoms with Crippen molar-refractivity contribution in [3.63, 3.8) is 0 Å². The molecule has 0 saturated carbocycles. The molecule has 0 spiro atoms. The molecule has 504 valence electrons. The Morgan fingerprint density at radius 3 is 0.396 bits per heavy atom. The summed E-state index contributed by atoms with van der Waals surface area (Å²) in [6.45, 7) is -5.63. The normalized spacial score (nSPS) is 47.7. The van der Waals surface area contributed by atoms with Crippen LogP contribution in [-0.4, -0.2) is 332 Å². The van der Waals surface area contributed by atoms with Crippen LogP contribution in [0, 0.1) is 0 Å². The van der Waals surface area contributed by atoms with Crippen LogP contribution in [0.1, 0.15) is 0 Å². The summed E-state index contributed by atoms with van der Waals surface area (Å²) in [5.41, 5.74) is 65.3. The van der Waals surface area contributed by atoms with Crippen molar-refractivity contribution in [2.75, 3.05) is 45.8 Å². The minimum absolute atomic E-state index is 0.804. The first-order valence-corrected chi connectivity index (χ1v) is 27.4. The lowest BCUT2D eigenvalue weighted by Gasteiger charge is -2.50. The maximum Gasteiger partial charge on any atom is 0.187 e. The van der Waals surface area contributed by atoms with E-state index in [-0.39, 0.29) is 0 Å². The Hall–Kier alpha value is -5.95. The van der Waals surface area contributed by atoms with Gasteiger partial charge in [-0.3, -0.25) is 0 Å². The summed E-state index contributed by atoms with van der Waals surface area (Å²) in [5.74, 6) is 0. The van der Waals surface area contributed by atoms with Crippen LogP contribution in [0.25, 0.3) is 73.1 Å². The second kappa shape index (κ2) is 32.3. The molecular weight excluding hydrogens is 1250 g/mol. The lowest BCUT2D eigenvalue weighted by Crippen LogP contribution is -2.68. The van der Waals surface area contributed by atoms with Gasteiger partial charge in [0.05, 0.1) is 88.5 Å². The molecule has 0 unspecified atom stereocenters. The molecule has 21 fully saturated rings. The van der Waals surface area contributed by atoms with E-state index in [2.05, 4.69) is 70.2 Å². The molecule has 14 N–H and O–H groups in total. The van der Waals surface area contributed by atoms with Crippen molar-refractivity contribution in [1.82, 2.24) is 0 Å². The van der Waals surface area contributed by atoms with Crippen LogP contribution < -0.4 is 0 Å². The first-order chi connectivity index (χ1) is 43.7. The molecule has 21 aliphatic rings. The Bertz CT molecular complexity index is 2290. The van der Waals surface area contributed by atoms with Gasteiger partial charge in [-0.25, -0.2) is 0 Å². The molecule has 21 rings (SSSR count). The number of ether oxygens (including phenoxy) is 14. The third-order valence-electron chi connectivity index (χ3n) is 15.8. The molecule has 0 aliphatic carbocycles. The highest BCUT2D eigenvalue weighted by atomic mass is 16.8. The Kier molecular flexibility index (Phi) is 25.1. The second-order valence-electron chi connectivity index (χ2n) is 21.3. The van der Waals surface area contributed by atoms with Gasteiger partial charge >= 0.3 is 0 Å². The fourth-order valence-electron chi connectivity index (χ4n) is 11.2. The fraction of sp³-hybridized carbons (Fsp3) is 1.00. The van der Waals surface area contributed by atoms with Gasteiger partial charge in [-0.15, -0.1) is 0 Å². The maximum absolute atomic E-state index is 11.7. The van der Waals surface area contributed by atoms with E-state index >= 15 is 0 Å². The van der Waals surface area contributed by atoms with Crippen LogP contribution >= 0.6 is 0 Å². The van der Waals surface area contributed by atoms with Crippen molar-refractivity contribution < 1.29 is 138 Å². The van der Waals surface area contributed by atoms with Crippen molar-refractivity contribution in [3.05, 3.63) is 73.1 Å². The zero-order valence-electron chi connectivity index (χ0n) is 46.5. The maximum atomic E-state index is 11.7. The van der Waals surface area contributed by atoms with Gasteiger partial charge < -0.3 is 138 Å². The summed E-state index contributed by atoms with van der Waals surface area (Å²) in [6, 6.07) is 0. The Balaban J connectivity index is 1.17. The van der Waals surface area contributed by atoms with Gasteiger partial charge in [0.1, 0.15) is 128 Å². The van der Waals surface area contributed by atoms with E-state index in [1.54, 1.807) is 0 Å². The first kappa shape index (κ1) is 70.9. The zero-order valence-corrected chi connectivity index (χ0v) is 46.5. The van der Waals surface area contributed by atoms with Gasteiger partial charge in [-0.2, -0.15) is 0 Å². The average Bonchev–Trinajstić information content (AvgIpc) is 0.799. The van der Waals surface area contributed by atoms with E-state index < -0.39 is 261 Å². The Morgan fingerprint density at radius 1 is 0.187 bits per heavy atom. The predicted molar refractivity (Wildman–Crippen MR) is 277 cm³/mol. The van der Waals surface area contributed by atoms with Gasteiger partial charge in [0.25, 0.3) is 0 Å². The summed E-state index contributed by atoms with van der Waals surface area (Å²) in [6.07, 6.45) is -73.2. The predicted octanol–water partition coefficient (Wildman–Crippen LogP) is -6.00. The highest BCUT2D eigenvalue weighted by molar-refractivity contribution is 5.03. The third kappa shape index (κ3) is 15.7. The van der Waals surface area contributed by atoms with E-state index in [0.29, 0.717) is 0 Å². The molecule has 49 nitrogen and oxygen atoms in total. The molecule has 14 bridgehead atoms. The van der Waals surface area contributed by atoms with Crippen LogP contribution in [-0.2, 0) is 66.3 Å². The topological polar surface area (TPSA) is 754 Å². The van der Waals surface area contributed by atoms with E-state index in [0.717, 1.165) is 0 Å². The SMILES string of the molecule is [N-]=[N+]=NC[C@@H]1O[C@@H]2O[C@H]3[C@@H](O)[C@H](O)[C@@H](O[C@H]4[C@H](O)[C@H](O)[C@@H](O[C@H]5[C@H](O)[C@@H](O)[C@@H](O[C@H]6[C@H](O)[C@@H](O)[C@@H](O[C@H]7[C@@H](O)[C@H](O)[C@@H](O[C@H]8[C@@H](O)[C@H](O)[C@@H](O[C@H]1[C@@H](O)[C@@H]2O)O[C@H]8CN=[N+]=[N-])O[C@@H]7CN=[N+]=[N-])O[C@@H]6CN=[N+]=[N-])O[C@@H]5CN=[N+]=[N-])O[C@@H]4CN=[N+]=[N-])O[C@H]3CN=[N+]=[N-]. The molecule has 0 amide bonds. The molecule has 35 atom stereocenters. The molecule has 49 heteroatoms. The van der Waals surface area contributed by atoms with Crippen molar-refractivity contribution in [1.29, 1.82) is 0 Å². The van der Waals surface area contributed by atoms with Gasteiger partial charge in [0.15, 0.2) is 44.0 Å². The lowest BCUT2D eigenvalue weighted by atomic mass is 9.94. The van der Waals surface area contributed by atoms with Crippen LogP contribution in [0.2, 0.25) is 0 Å². The fourth-order valence-corrected chi connectivity index (χ4v) is 11.2. The van der Waals surface area contributed by atoms with Gasteiger partial charge in [0, 0.05) is 34.4 Å². The Labute approximate surface area is 506 Å². The highest BCUT2D eigenvalue weighted by Crippen LogP contribution is 2.39. The summed E-state index contributed by atoms with van der Waals surface area (Å²) in [5, 5.41) is 187. The number of nitrogens with zero attached hydrogens (tertiary/aromatic N) is 21. The van der Waals surface area contributed by atoms with Crippen molar-refractivity contribution in [3.8, 4) is 0 Å². The molecule has 0 radical (unpaired) electrons. The quantitative estimate of drug-likeness (QED) is 0.0437. The Morgan fingerprint density at radius 2 is 0.297 bits per heavy atom. The molecular formula is C42H63N21O28. The van der Waals surface area contributed by atoms with Crippen LogP contribution in [0.4, 0.5) is 0 Å². The number of hydrogen-bond donors (Lipinski definition) is 14. The van der Waals surface area contributed by atoms with E-state index in [4.69, 9.17) is 66.3 Å². The summed E-state index contributed by atoms with van der Waals surface area (Å²) >= 11 is 0. The number of hydrogen-bond acceptors (Lipinski definition) is 35. The van der Waals surface area contributed by atoms with Gasteiger partial charge in [0.2, 0.25) is 0 Å². The summed E-state index contributed by atoms with van der Waals surface area (Å²) in [4.78, 5) is 18.6. The molecule has 21 saturated heterocycles. The van der Waals surface area contributed by atoms with Crippen LogP contribution in [0.5, 0.6) is 0 Å². The zero-order chi connectivity index (χ0) is 66.0. The summed E-state index contributed by atoms with van der Waals surface area (Å²) < 4.78 is 82.3. The molecule has 0 aromatic heterocycles. The standard InChI is InChI=1S/C42H63N21O28/c43-57-50-1-8-29-15(64)22(71)36(78-8)86-30-9(2-51-58-44)80-38(24(73)17(30)66)88-32-11(4-53-60-46)82-40(26(75)19(32)68)90-34-13(6-55-62-48)84-42(28(77)21(34)70)91-35-14(7-56-63-49)83-41(27(76)20(35)69)89-33-12(5-54-61-47)81-39(25(74)18(33)67)87-31-10(3-52-59-45)79-37(85-29)23(72)16(31)65/h8-42,64-77H,1-7H2/t8-,9-,10-,11-,12+,13+,14+,15-,16-,17-,18+,19+,20+,21+,22-,23+,24-,25+,26+,27+,28+,29-,30-,31-,32-,33-,34-,35-,36-,37-,38-,39-,40-,41-,42-/m1/s1. The number of azide groups is 7. The van der Waals surface area contributed by atoms with Gasteiger partial charge in [-0.05, 0) is 38.7 Å². The number of aliphatic hydroxyl groups excluding tert-OH is 14. The summed E-state index contributed by atoms with van der Waals surface area (Å²) in [7, 11) is 0. The van der Waals surface area contributed by atoms with Crippen molar-refractivity contribution in [2.24, 2.45) is 35.8 Å².